The molecule has 4 heteroatoms. The fourth-order valence-corrected chi connectivity index (χ4v) is 5.12. The van der Waals surface area contributed by atoms with Crippen LogP contribution in [0.3, 0.4) is 0 Å². The van der Waals surface area contributed by atoms with Crippen LogP contribution in [0.15, 0.2) is 12.3 Å². The zero-order valence-corrected chi connectivity index (χ0v) is 17.1. The van der Waals surface area contributed by atoms with Crippen LogP contribution in [0.2, 0.25) is 5.82 Å². The average molecular weight is 364 g/mol. The molecule has 0 bridgehead atoms. The largest absolute Gasteiger partial charge is 0.352 e. The smallest absolute Gasteiger partial charge is 0.178 e. The van der Waals surface area contributed by atoms with Crippen molar-refractivity contribution in [1.29, 1.82) is 0 Å². The third kappa shape index (κ3) is 5.15. The first-order chi connectivity index (χ1) is 13.3. The number of hydrogen-bond donors (Lipinski definition) is 1. The van der Waals surface area contributed by atoms with Crippen LogP contribution in [0.25, 0.3) is 11.0 Å². The van der Waals surface area contributed by atoms with Gasteiger partial charge in [-0.1, -0.05) is 83.4 Å². The van der Waals surface area contributed by atoms with E-state index < -0.39 is 0 Å². The van der Waals surface area contributed by atoms with Crippen LogP contribution < -0.4 is 5.59 Å². The van der Waals surface area contributed by atoms with Crippen molar-refractivity contribution in [3.8, 4) is 0 Å². The Hall–Kier alpha value is -1.32. The molecule has 145 valence electrons. The van der Waals surface area contributed by atoms with Crippen molar-refractivity contribution in [3.05, 3.63) is 18.1 Å². The molecule has 1 N–H and O–H groups in total. The highest BCUT2D eigenvalue weighted by molar-refractivity contribution is 6.54. The number of fused-ring (bicyclic) bond motifs is 1. The maximum Gasteiger partial charge on any atom is 0.178 e. The Morgan fingerprint density at radius 1 is 0.889 bits per heavy atom. The van der Waals surface area contributed by atoms with Crippen molar-refractivity contribution in [2.45, 2.75) is 102 Å². The summed E-state index contributed by atoms with van der Waals surface area (Å²) in [6.45, 7) is 2.41. The number of nitrogens with one attached hydrogen (secondary N) is 1. The van der Waals surface area contributed by atoms with E-state index in [-0.39, 0.29) is 0 Å². The quantitative estimate of drug-likeness (QED) is 0.690. The third-order valence-electron chi connectivity index (χ3n) is 6.84. The molecule has 2 aliphatic carbocycles. The first-order valence-corrected chi connectivity index (χ1v) is 11.5. The molecular weight excluding hydrogens is 329 g/mol. The zero-order valence-electron chi connectivity index (χ0n) is 17.1. The third-order valence-corrected chi connectivity index (χ3v) is 6.84. The Labute approximate surface area is 165 Å². The van der Waals surface area contributed by atoms with Crippen molar-refractivity contribution < 1.29 is 0 Å². The highest BCUT2D eigenvalue weighted by atomic mass is 14.9. The van der Waals surface area contributed by atoms with Crippen LogP contribution in [0, 0.1) is 5.92 Å². The van der Waals surface area contributed by atoms with Gasteiger partial charge in [0.05, 0.1) is 0 Å². The lowest BCUT2D eigenvalue weighted by atomic mass is 9.57. The summed E-state index contributed by atoms with van der Waals surface area (Å²) >= 11 is 0. The summed E-state index contributed by atoms with van der Waals surface area (Å²) in [6.07, 6.45) is 19.6. The van der Waals surface area contributed by atoms with E-state index in [1.807, 2.05) is 6.20 Å². The monoisotopic (exact) mass is 364 g/mol. The lowest BCUT2D eigenvalue weighted by Gasteiger charge is -2.21. The second-order valence-electron chi connectivity index (χ2n) is 9.19. The van der Waals surface area contributed by atoms with Gasteiger partial charge in [0, 0.05) is 17.5 Å². The summed E-state index contributed by atoms with van der Waals surface area (Å²) in [5.74, 6) is 3.25. The van der Waals surface area contributed by atoms with Gasteiger partial charge in [0.25, 0.3) is 0 Å². The van der Waals surface area contributed by atoms with Crippen LogP contribution in [0.1, 0.15) is 102 Å². The maximum atomic E-state index is 4.94. The van der Waals surface area contributed by atoms with Crippen LogP contribution in [0.5, 0.6) is 0 Å². The van der Waals surface area contributed by atoms with E-state index >= 15 is 0 Å². The van der Waals surface area contributed by atoms with E-state index in [1.165, 1.54) is 89.1 Å². The minimum absolute atomic E-state index is 0.554. The molecule has 0 amide bonds. The first kappa shape index (κ1) is 19.0. The molecule has 0 saturated heterocycles. The molecule has 2 aliphatic rings. The van der Waals surface area contributed by atoms with Gasteiger partial charge in [-0.25, -0.2) is 9.97 Å². The van der Waals surface area contributed by atoms with Gasteiger partial charge in [-0.05, 0) is 30.4 Å². The number of rotatable bonds is 3. The average Bonchev–Trinajstić information content (AvgIpc) is 3.01. The molecule has 0 unspecified atom stereocenters. The van der Waals surface area contributed by atoms with Crippen molar-refractivity contribution in [2.75, 3.05) is 0 Å². The van der Waals surface area contributed by atoms with Crippen molar-refractivity contribution in [2.24, 2.45) is 5.92 Å². The van der Waals surface area contributed by atoms with Gasteiger partial charge in [-0.2, -0.15) is 0 Å². The summed E-state index contributed by atoms with van der Waals surface area (Å²) in [5, 5.41) is 1.16. The molecule has 0 atom stereocenters. The van der Waals surface area contributed by atoms with Gasteiger partial charge in [-0.15, -0.1) is 0 Å². The Morgan fingerprint density at radius 2 is 1.59 bits per heavy atom. The molecule has 3 nitrogen and oxygen atoms in total. The summed E-state index contributed by atoms with van der Waals surface area (Å²) in [7, 11) is 2.47. The predicted molar refractivity (Wildman–Crippen MR) is 115 cm³/mol. The van der Waals surface area contributed by atoms with E-state index in [2.05, 4.69) is 25.3 Å². The molecule has 1 radical (unpaired) electrons. The Kier molecular flexibility index (Phi) is 6.52. The summed E-state index contributed by atoms with van der Waals surface area (Å²) < 4.78 is 0. The van der Waals surface area contributed by atoms with Crippen LogP contribution in [0.4, 0.5) is 0 Å². The SMILES string of the molecule is CC1CCCC([B]c2cc3cnc(C4CCCCCCC4)nc3[nH]2)CCC1. The number of aromatic amines is 1. The Morgan fingerprint density at radius 3 is 2.33 bits per heavy atom. The van der Waals surface area contributed by atoms with Gasteiger partial charge in [0.2, 0.25) is 0 Å². The topological polar surface area (TPSA) is 41.6 Å². The van der Waals surface area contributed by atoms with Gasteiger partial charge in [-0.3, -0.25) is 0 Å². The fourth-order valence-electron chi connectivity index (χ4n) is 5.12. The Bertz CT molecular complexity index is 707. The van der Waals surface area contributed by atoms with Gasteiger partial charge in [0.1, 0.15) is 11.5 Å². The van der Waals surface area contributed by atoms with Crippen molar-refractivity contribution in [1.82, 2.24) is 15.0 Å². The Balaban J connectivity index is 1.44. The lowest BCUT2D eigenvalue weighted by molar-refractivity contribution is 0.403. The second kappa shape index (κ2) is 9.25. The molecule has 2 saturated carbocycles. The van der Waals surface area contributed by atoms with Gasteiger partial charge in [0.15, 0.2) is 7.28 Å². The van der Waals surface area contributed by atoms with Gasteiger partial charge < -0.3 is 4.98 Å². The standard InChI is InChI=1S/C23H35BN3/c1-17-9-7-13-20(14-8-10-17)24-21-15-19-16-25-22(27-23(19)26-21)18-11-5-3-2-4-6-12-18/h15-18,20H,2-14H2,1H3,(H,25,26,27). The van der Waals surface area contributed by atoms with Crippen molar-refractivity contribution >= 4 is 23.9 Å². The lowest BCUT2D eigenvalue weighted by Crippen LogP contribution is -2.21. The molecule has 0 spiro atoms. The minimum Gasteiger partial charge on any atom is -0.352 e. The zero-order chi connectivity index (χ0) is 18.5. The fraction of sp³-hybridized carbons (Fsp3) is 0.739. The van der Waals surface area contributed by atoms with E-state index in [1.54, 1.807) is 0 Å². The molecule has 2 fully saturated rings. The van der Waals surface area contributed by atoms with Crippen molar-refractivity contribution in [3.63, 3.8) is 0 Å². The predicted octanol–water partition coefficient (Wildman–Crippen LogP) is 5.89. The number of nitrogens with zero attached hydrogens (tertiary/aromatic N) is 2. The number of H-pyrrole nitrogens is 1. The minimum atomic E-state index is 0.554. The molecule has 27 heavy (non-hydrogen) atoms. The number of aromatic nitrogens is 3. The summed E-state index contributed by atoms with van der Waals surface area (Å²) in [4.78, 5) is 13.3. The maximum absolute atomic E-state index is 4.94. The van der Waals surface area contributed by atoms with Crippen LogP contribution in [-0.2, 0) is 0 Å². The first-order valence-electron chi connectivity index (χ1n) is 11.5. The highest BCUT2D eigenvalue weighted by Gasteiger charge is 2.19. The molecule has 2 heterocycles. The molecule has 0 aliphatic heterocycles. The van der Waals surface area contributed by atoms with Gasteiger partial charge >= 0.3 is 0 Å². The normalized spacial score (nSPS) is 26.1. The summed E-state index contributed by atoms with van der Waals surface area (Å²) in [5.41, 5.74) is 2.28. The van der Waals surface area contributed by atoms with E-state index in [4.69, 9.17) is 9.97 Å². The van der Waals surface area contributed by atoms with E-state index in [0.29, 0.717) is 11.7 Å². The van der Waals surface area contributed by atoms with Crippen LogP contribution >= 0.6 is 0 Å². The molecular formula is C23H35BN3. The summed E-state index contributed by atoms with van der Waals surface area (Å²) in [6, 6.07) is 2.25. The highest BCUT2D eigenvalue weighted by Crippen LogP contribution is 2.30. The van der Waals surface area contributed by atoms with E-state index in [9.17, 15) is 0 Å². The second-order valence-corrected chi connectivity index (χ2v) is 9.19. The molecule has 4 rings (SSSR count). The van der Waals surface area contributed by atoms with E-state index in [0.717, 1.165) is 22.8 Å². The molecule has 0 aromatic carbocycles. The molecule has 2 aromatic heterocycles. The van der Waals surface area contributed by atoms with Crippen LogP contribution in [-0.4, -0.2) is 22.2 Å². The number of hydrogen-bond acceptors (Lipinski definition) is 2. The molecule has 2 aromatic rings.